The van der Waals surface area contributed by atoms with Gasteiger partial charge in [0.25, 0.3) is 0 Å². The fraction of sp³-hybridized carbons (Fsp3) is 0. The SMILES string of the molecule is c1ccc(N(c2ccc3c(ccc4c5ccccc5ccc34)c2)c2ccc3c(c2)oc2cccc(-c4nc5ccc6ccccc6c5o4)c23)cc1. The summed E-state index contributed by atoms with van der Waals surface area (Å²) in [7, 11) is 0. The van der Waals surface area contributed by atoms with Crippen LogP contribution in [-0.4, -0.2) is 4.98 Å². The van der Waals surface area contributed by atoms with Crippen LogP contribution in [0.5, 0.6) is 0 Å². The molecule has 0 radical (unpaired) electrons. The largest absolute Gasteiger partial charge is 0.456 e. The minimum atomic E-state index is 0.585. The fourth-order valence-electron chi connectivity index (χ4n) is 7.88. The number of anilines is 3. The second-order valence-corrected chi connectivity index (χ2v) is 13.1. The number of hydrogen-bond donors (Lipinski definition) is 0. The van der Waals surface area contributed by atoms with Crippen LogP contribution in [0, 0.1) is 0 Å². The summed E-state index contributed by atoms with van der Waals surface area (Å²) in [6.07, 6.45) is 0. The Morgan fingerprint density at radius 1 is 0.392 bits per heavy atom. The minimum absolute atomic E-state index is 0.585. The molecule has 11 aromatic rings. The van der Waals surface area contributed by atoms with Crippen LogP contribution >= 0.6 is 0 Å². The number of benzene rings is 9. The number of oxazole rings is 1. The van der Waals surface area contributed by atoms with E-state index in [2.05, 4.69) is 144 Å². The maximum Gasteiger partial charge on any atom is 0.228 e. The Balaban J connectivity index is 1.06. The molecule has 4 nitrogen and oxygen atoms in total. The van der Waals surface area contributed by atoms with Crippen molar-refractivity contribution >= 4 is 93.2 Å². The molecular formula is C47H28N2O2. The van der Waals surface area contributed by atoms with E-state index in [0.29, 0.717) is 5.89 Å². The molecule has 4 heteroatoms. The highest BCUT2D eigenvalue weighted by Gasteiger charge is 2.20. The van der Waals surface area contributed by atoms with Gasteiger partial charge in [-0.15, -0.1) is 0 Å². The summed E-state index contributed by atoms with van der Waals surface area (Å²) in [6, 6.07) is 59.8. The van der Waals surface area contributed by atoms with Crippen LogP contribution in [0.4, 0.5) is 17.1 Å². The summed E-state index contributed by atoms with van der Waals surface area (Å²) in [5, 5.41) is 11.7. The summed E-state index contributed by atoms with van der Waals surface area (Å²) in [5.74, 6) is 0.585. The van der Waals surface area contributed by atoms with E-state index in [0.717, 1.165) is 66.4 Å². The van der Waals surface area contributed by atoms with Crippen molar-refractivity contribution in [3.05, 3.63) is 170 Å². The van der Waals surface area contributed by atoms with Crippen molar-refractivity contribution in [2.45, 2.75) is 0 Å². The molecule has 238 valence electrons. The Morgan fingerprint density at radius 2 is 1.04 bits per heavy atom. The molecule has 0 unspecified atom stereocenters. The lowest BCUT2D eigenvalue weighted by Crippen LogP contribution is -2.09. The summed E-state index contributed by atoms with van der Waals surface area (Å²) in [6.45, 7) is 0. The topological polar surface area (TPSA) is 42.4 Å². The molecule has 0 aliphatic rings. The quantitative estimate of drug-likeness (QED) is 0.177. The molecule has 0 aliphatic carbocycles. The standard InChI is InChI=1S/C47H28N2O2/c1-2-11-32(12-3-1)49(33-20-24-36-31(27-33)18-23-38-35-13-6-4-9-29(35)17-22-39(36)38)34-21-25-40-44(28-34)50-43-16-8-15-41(45(40)43)47-48-42-26-19-30-10-5-7-14-37(30)46(42)51-47/h1-28H. The zero-order chi connectivity index (χ0) is 33.5. The van der Waals surface area contributed by atoms with Gasteiger partial charge in [-0.25, -0.2) is 4.98 Å². The first-order valence-corrected chi connectivity index (χ1v) is 17.2. The Bertz CT molecular complexity index is 3160. The van der Waals surface area contributed by atoms with E-state index in [1.165, 1.54) is 32.3 Å². The van der Waals surface area contributed by atoms with Gasteiger partial charge < -0.3 is 13.7 Å². The molecule has 2 heterocycles. The third-order valence-corrected chi connectivity index (χ3v) is 10.2. The maximum atomic E-state index is 6.58. The van der Waals surface area contributed by atoms with Gasteiger partial charge in [-0.1, -0.05) is 109 Å². The van der Waals surface area contributed by atoms with Gasteiger partial charge in [0, 0.05) is 44.9 Å². The Morgan fingerprint density at radius 3 is 1.88 bits per heavy atom. The van der Waals surface area contributed by atoms with Crippen molar-refractivity contribution in [1.29, 1.82) is 0 Å². The van der Waals surface area contributed by atoms with E-state index < -0.39 is 0 Å². The highest BCUT2D eigenvalue weighted by atomic mass is 16.3. The van der Waals surface area contributed by atoms with Crippen molar-refractivity contribution in [3.8, 4) is 11.5 Å². The predicted molar refractivity (Wildman–Crippen MR) is 211 cm³/mol. The van der Waals surface area contributed by atoms with Crippen LogP contribution in [0.15, 0.2) is 179 Å². The van der Waals surface area contributed by atoms with E-state index in [9.17, 15) is 0 Å². The Hall–Kier alpha value is -6.91. The number of aromatic nitrogens is 1. The van der Waals surface area contributed by atoms with Crippen LogP contribution in [0.1, 0.15) is 0 Å². The molecule has 0 fully saturated rings. The smallest absolute Gasteiger partial charge is 0.228 e. The Kier molecular flexibility index (Phi) is 5.92. The molecule has 0 spiro atoms. The average molecular weight is 653 g/mol. The van der Waals surface area contributed by atoms with Gasteiger partial charge in [0.1, 0.15) is 16.7 Å². The van der Waals surface area contributed by atoms with Gasteiger partial charge in [-0.05, 0) is 92.3 Å². The highest BCUT2D eigenvalue weighted by molar-refractivity contribution is 6.18. The molecule has 0 amide bonds. The lowest BCUT2D eigenvalue weighted by atomic mass is 9.96. The van der Waals surface area contributed by atoms with Crippen LogP contribution in [0.25, 0.3) is 87.6 Å². The number of hydrogen-bond acceptors (Lipinski definition) is 4. The second-order valence-electron chi connectivity index (χ2n) is 13.1. The molecule has 0 bridgehead atoms. The molecule has 9 aromatic carbocycles. The number of nitrogens with zero attached hydrogens (tertiary/aromatic N) is 2. The fourth-order valence-corrected chi connectivity index (χ4v) is 7.88. The van der Waals surface area contributed by atoms with E-state index in [1.54, 1.807) is 0 Å². The molecule has 51 heavy (non-hydrogen) atoms. The first kappa shape index (κ1) is 28.0. The zero-order valence-corrected chi connectivity index (χ0v) is 27.4. The second kappa shape index (κ2) is 10.8. The first-order chi connectivity index (χ1) is 25.3. The van der Waals surface area contributed by atoms with Crippen LogP contribution in [-0.2, 0) is 0 Å². The van der Waals surface area contributed by atoms with Crippen molar-refractivity contribution in [2.75, 3.05) is 4.90 Å². The predicted octanol–water partition coefficient (Wildman–Crippen LogP) is 13.5. The van der Waals surface area contributed by atoms with Crippen LogP contribution < -0.4 is 4.90 Å². The number of para-hydroxylation sites is 1. The maximum absolute atomic E-state index is 6.58. The third-order valence-electron chi connectivity index (χ3n) is 10.2. The molecule has 0 saturated carbocycles. The first-order valence-electron chi connectivity index (χ1n) is 17.2. The summed E-state index contributed by atoms with van der Waals surface area (Å²) in [5.41, 5.74) is 7.29. The number of fused-ring (bicyclic) bond motifs is 11. The van der Waals surface area contributed by atoms with E-state index >= 15 is 0 Å². The monoisotopic (exact) mass is 652 g/mol. The van der Waals surface area contributed by atoms with Gasteiger partial charge in [-0.3, -0.25) is 0 Å². The van der Waals surface area contributed by atoms with E-state index in [1.807, 2.05) is 30.3 Å². The van der Waals surface area contributed by atoms with Gasteiger partial charge >= 0.3 is 0 Å². The molecule has 0 atom stereocenters. The lowest BCUT2D eigenvalue weighted by molar-refractivity contribution is 0.623. The molecule has 0 N–H and O–H groups in total. The van der Waals surface area contributed by atoms with Crippen molar-refractivity contribution in [3.63, 3.8) is 0 Å². The summed E-state index contributed by atoms with van der Waals surface area (Å²) >= 11 is 0. The van der Waals surface area contributed by atoms with E-state index in [4.69, 9.17) is 13.8 Å². The molecule has 2 aromatic heterocycles. The van der Waals surface area contributed by atoms with Crippen LogP contribution in [0.2, 0.25) is 0 Å². The van der Waals surface area contributed by atoms with Gasteiger partial charge in [0.05, 0.1) is 0 Å². The summed E-state index contributed by atoms with van der Waals surface area (Å²) < 4.78 is 13.1. The number of furan rings is 1. The Labute approximate surface area is 292 Å². The van der Waals surface area contributed by atoms with Crippen LogP contribution in [0.3, 0.4) is 0 Å². The molecule has 0 saturated heterocycles. The zero-order valence-electron chi connectivity index (χ0n) is 27.4. The molecule has 0 aliphatic heterocycles. The summed E-state index contributed by atoms with van der Waals surface area (Å²) in [4.78, 5) is 7.23. The van der Waals surface area contributed by atoms with Crippen molar-refractivity contribution in [2.24, 2.45) is 0 Å². The normalized spacial score (nSPS) is 11.9. The third kappa shape index (κ3) is 4.30. The van der Waals surface area contributed by atoms with Gasteiger partial charge in [-0.2, -0.15) is 0 Å². The highest BCUT2D eigenvalue weighted by Crippen LogP contribution is 2.43. The van der Waals surface area contributed by atoms with Gasteiger partial charge in [0.2, 0.25) is 5.89 Å². The average Bonchev–Trinajstić information content (AvgIpc) is 3.80. The molecular weight excluding hydrogens is 625 g/mol. The number of rotatable bonds is 4. The van der Waals surface area contributed by atoms with E-state index in [-0.39, 0.29) is 0 Å². The van der Waals surface area contributed by atoms with Crippen molar-refractivity contribution in [1.82, 2.24) is 4.98 Å². The van der Waals surface area contributed by atoms with Crippen molar-refractivity contribution < 1.29 is 8.83 Å². The minimum Gasteiger partial charge on any atom is -0.456 e. The lowest BCUT2D eigenvalue weighted by Gasteiger charge is -2.26. The molecule has 11 rings (SSSR count). The van der Waals surface area contributed by atoms with Gasteiger partial charge in [0.15, 0.2) is 5.58 Å².